The Hall–Kier alpha value is -2.69. The van der Waals surface area contributed by atoms with Crippen molar-refractivity contribution in [1.29, 1.82) is 0 Å². The minimum Gasteiger partial charge on any atom is -0.459 e. The van der Waals surface area contributed by atoms with Crippen LogP contribution in [0.2, 0.25) is 0 Å². The molecule has 9 unspecified atom stereocenters. The van der Waals surface area contributed by atoms with E-state index in [1.165, 1.54) is 64.2 Å². The van der Waals surface area contributed by atoms with Crippen molar-refractivity contribution < 1.29 is 14.3 Å². The molecule has 0 bridgehead atoms. The van der Waals surface area contributed by atoms with Crippen molar-refractivity contribution in [3.63, 3.8) is 0 Å². The number of fused-ring (bicyclic) bond motifs is 5. The van der Waals surface area contributed by atoms with Crippen LogP contribution >= 0.6 is 0 Å². The fourth-order valence-corrected chi connectivity index (χ4v) is 11.1. The Bertz CT molecular complexity index is 1320. The zero-order valence-electron chi connectivity index (χ0n) is 28.5. The zero-order chi connectivity index (χ0) is 31.9. The van der Waals surface area contributed by atoms with Crippen LogP contribution in [0.1, 0.15) is 122 Å². The van der Waals surface area contributed by atoms with Crippen molar-refractivity contribution in [1.82, 2.24) is 0 Å². The van der Waals surface area contributed by atoms with Crippen LogP contribution in [0.4, 0.5) is 11.4 Å². The minimum atomic E-state index is -0.231. The molecule has 246 valence electrons. The third kappa shape index (κ3) is 6.47. The third-order valence-electron chi connectivity index (χ3n) is 13.4. The van der Waals surface area contributed by atoms with Crippen LogP contribution in [0.15, 0.2) is 42.5 Å². The first-order valence-electron chi connectivity index (χ1n) is 18.1. The lowest BCUT2D eigenvalue weighted by Gasteiger charge is -2.61. The summed E-state index contributed by atoms with van der Waals surface area (Å²) in [5, 5.41) is 0. The molecule has 0 amide bonds. The van der Waals surface area contributed by atoms with E-state index < -0.39 is 0 Å². The van der Waals surface area contributed by atoms with Gasteiger partial charge in [-0.25, -0.2) is 4.79 Å². The van der Waals surface area contributed by atoms with Crippen LogP contribution in [0.25, 0.3) is 0 Å². The highest BCUT2D eigenvalue weighted by atomic mass is 16.5. The first-order valence-corrected chi connectivity index (χ1v) is 18.1. The van der Waals surface area contributed by atoms with Gasteiger partial charge in [-0.2, -0.15) is 0 Å². The summed E-state index contributed by atoms with van der Waals surface area (Å²) in [5.41, 5.74) is 14.4. The molecule has 4 aliphatic rings. The normalized spacial score (nSPS) is 34.8. The second kappa shape index (κ2) is 12.8. The third-order valence-corrected chi connectivity index (χ3v) is 13.4. The van der Waals surface area contributed by atoms with Gasteiger partial charge in [0, 0.05) is 23.5 Å². The fourth-order valence-electron chi connectivity index (χ4n) is 11.1. The number of nitrogen functional groups attached to an aromatic ring is 2. The number of anilines is 2. The van der Waals surface area contributed by atoms with E-state index in [2.05, 4.69) is 34.6 Å². The first-order chi connectivity index (χ1) is 21.5. The van der Waals surface area contributed by atoms with E-state index in [-0.39, 0.29) is 12.1 Å². The molecule has 0 spiro atoms. The Balaban J connectivity index is 1.04. The van der Waals surface area contributed by atoms with E-state index in [4.69, 9.17) is 20.9 Å². The molecule has 5 nitrogen and oxygen atoms in total. The zero-order valence-corrected chi connectivity index (χ0v) is 28.5. The van der Waals surface area contributed by atoms with Crippen LogP contribution in [-0.2, 0) is 4.74 Å². The second-order valence-electron chi connectivity index (χ2n) is 16.5. The van der Waals surface area contributed by atoms with Gasteiger partial charge in [0.05, 0.1) is 5.56 Å². The van der Waals surface area contributed by atoms with Gasteiger partial charge in [-0.05, 0) is 140 Å². The lowest BCUT2D eigenvalue weighted by molar-refractivity contribution is -0.130. The molecule has 4 fully saturated rings. The molecular weight excluding hydrogens is 556 g/mol. The number of esters is 1. The average Bonchev–Trinajstić information content (AvgIpc) is 3.34. The largest absolute Gasteiger partial charge is 0.459 e. The maximum Gasteiger partial charge on any atom is 0.338 e. The van der Waals surface area contributed by atoms with Crippen molar-refractivity contribution in [3.05, 3.63) is 48.0 Å². The maximum absolute atomic E-state index is 13.2. The van der Waals surface area contributed by atoms with E-state index in [0.29, 0.717) is 45.2 Å². The Labute approximate surface area is 272 Å². The Kier molecular flexibility index (Phi) is 9.20. The van der Waals surface area contributed by atoms with E-state index >= 15 is 0 Å². The number of ether oxygens (including phenoxy) is 2. The molecule has 0 heterocycles. The maximum atomic E-state index is 13.2. The molecule has 5 heteroatoms. The summed E-state index contributed by atoms with van der Waals surface area (Å²) in [5.74, 6) is 6.85. The molecule has 9 atom stereocenters. The number of carbonyl (C=O) groups is 1. The molecule has 0 aromatic heterocycles. The standard InChI is InChI=1S/C40H58N2O3/c1-25(2)7-6-8-26(3)35-15-16-36-34-14-11-28-21-32(17-19-39(28,4)37(34)18-20-40(35,36)5)45-38(43)27-9-12-31(13-10-27)44-33-23-29(41)22-30(42)24-33/h9-10,12-13,22-26,28,32,34-37H,6-8,11,14-21,41-42H2,1-5H3. The number of benzene rings is 2. The van der Waals surface area contributed by atoms with Crippen molar-refractivity contribution >= 4 is 17.3 Å². The summed E-state index contributed by atoms with van der Waals surface area (Å²) in [6, 6.07) is 12.3. The van der Waals surface area contributed by atoms with Crippen LogP contribution in [0, 0.1) is 52.3 Å². The van der Waals surface area contributed by atoms with Gasteiger partial charge in [0.1, 0.15) is 17.6 Å². The van der Waals surface area contributed by atoms with Gasteiger partial charge in [-0.15, -0.1) is 0 Å². The van der Waals surface area contributed by atoms with Crippen LogP contribution in [0.3, 0.4) is 0 Å². The van der Waals surface area contributed by atoms with Gasteiger partial charge in [0.25, 0.3) is 0 Å². The average molecular weight is 615 g/mol. The van der Waals surface area contributed by atoms with Crippen molar-refractivity contribution in [2.24, 2.45) is 52.3 Å². The van der Waals surface area contributed by atoms with E-state index in [0.717, 1.165) is 48.3 Å². The van der Waals surface area contributed by atoms with Crippen LogP contribution in [0.5, 0.6) is 11.5 Å². The molecule has 0 radical (unpaired) electrons. The lowest BCUT2D eigenvalue weighted by atomic mass is 9.44. The molecule has 2 aromatic rings. The molecule has 45 heavy (non-hydrogen) atoms. The molecule has 4 N–H and O–H groups in total. The summed E-state index contributed by atoms with van der Waals surface area (Å²) in [7, 11) is 0. The lowest BCUT2D eigenvalue weighted by Crippen LogP contribution is -2.54. The highest BCUT2D eigenvalue weighted by molar-refractivity contribution is 5.89. The van der Waals surface area contributed by atoms with Gasteiger partial charge in [-0.1, -0.05) is 53.9 Å². The quantitative estimate of drug-likeness (QED) is 0.217. The number of carbonyl (C=O) groups excluding carboxylic acids is 1. The van der Waals surface area contributed by atoms with Gasteiger partial charge in [-0.3, -0.25) is 0 Å². The number of hydrogen-bond acceptors (Lipinski definition) is 5. The first kappa shape index (κ1) is 32.3. The SMILES string of the molecule is CC(C)CCCC(C)C1CCC2C3CCC4CC(OC(=O)c5ccc(Oc6cc(N)cc(N)c6)cc5)CCC4(C)C3CCC12C. The van der Waals surface area contributed by atoms with E-state index in [1.807, 2.05) is 0 Å². The summed E-state index contributed by atoms with van der Waals surface area (Å²) in [4.78, 5) is 13.2. The Morgan fingerprint density at radius 2 is 1.51 bits per heavy atom. The summed E-state index contributed by atoms with van der Waals surface area (Å²) < 4.78 is 12.1. The highest BCUT2D eigenvalue weighted by Gasteiger charge is 2.60. The number of rotatable bonds is 9. The molecule has 4 saturated carbocycles. The molecule has 2 aromatic carbocycles. The summed E-state index contributed by atoms with van der Waals surface area (Å²) >= 11 is 0. The summed E-state index contributed by atoms with van der Waals surface area (Å²) in [6.07, 6.45) is 15.8. The van der Waals surface area contributed by atoms with E-state index in [1.54, 1.807) is 42.5 Å². The Morgan fingerprint density at radius 1 is 0.822 bits per heavy atom. The number of nitrogens with two attached hydrogens (primary N) is 2. The van der Waals surface area contributed by atoms with Crippen molar-refractivity contribution in [3.8, 4) is 11.5 Å². The topological polar surface area (TPSA) is 87.6 Å². The van der Waals surface area contributed by atoms with Gasteiger partial charge >= 0.3 is 5.97 Å². The predicted molar refractivity (Wildman–Crippen MR) is 184 cm³/mol. The second-order valence-corrected chi connectivity index (χ2v) is 16.5. The molecule has 0 aliphatic heterocycles. The fraction of sp³-hybridized carbons (Fsp3) is 0.675. The van der Waals surface area contributed by atoms with Gasteiger partial charge in [0.2, 0.25) is 0 Å². The molecule has 4 aliphatic carbocycles. The highest BCUT2D eigenvalue weighted by Crippen LogP contribution is 2.68. The summed E-state index contributed by atoms with van der Waals surface area (Å²) in [6.45, 7) is 12.6. The van der Waals surface area contributed by atoms with Crippen LogP contribution < -0.4 is 16.2 Å². The number of hydrogen-bond donors (Lipinski definition) is 2. The van der Waals surface area contributed by atoms with Gasteiger partial charge < -0.3 is 20.9 Å². The smallest absolute Gasteiger partial charge is 0.338 e. The van der Waals surface area contributed by atoms with Gasteiger partial charge in [0.15, 0.2) is 0 Å². The van der Waals surface area contributed by atoms with Crippen LogP contribution in [-0.4, -0.2) is 12.1 Å². The van der Waals surface area contributed by atoms with Crippen molar-refractivity contribution in [2.75, 3.05) is 11.5 Å². The molecule has 6 rings (SSSR count). The monoisotopic (exact) mass is 614 g/mol. The Morgan fingerprint density at radius 3 is 2.22 bits per heavy atom. The van der Waals surface area contributed by atoms with E-state index in [9.17, 15) is 4.79 Å². The molecular formula is C40H58N2O3. The minimum absolute atomic E-state index is 0.00901. The molecule has 0 saturated heterocycles. The van der Waals surface area contributed by atoms with Crippen molar-refractivity contribution in [2.45, 2.75) is 118 Å². The predicted octanol–water partition coefficient (Wildman–Crippen LogP) is 10.3.